The Balaban J connectivity index is 1.52. The minimum absolute atomic E-state index is 0.0859. The number of nitro groups is 1. The van der Waals surface area contributed by atoms with Gasteiger partial charge in [0.2, 0.25) is 11.6 Å². The van der Waals surface area contributed by atoms with Crippen molar-refractivity contribution in [1.82, 2.24) is 14.9 Å². The molecule has 2 aromatic carbocycles. The second-order valence-corrected chi connectivity index (χ2v) is 7.34. The van der Waals surface area contributed by atoms with Crippen LogP contribution in [0, 0.1) is 17.0 Å². The Morgan fingerprint density at radius 3 is 2.40 bits per heavy atom. The summed E-state index contributed by atoms with van der Waals surface area (Å²) in [6.07, 6.45) is 1.39. The molecule has 0 atom stereocenters. The lowest BCUT2D eigenvalue weighted by Gasteiger charge is -2.35. The number of piperazine rings is 1. The highest BCUT2D eigenvalue weighted by atomic mass is 16.6. The number of nitrogens with one attached hydrogen (secondary N) is 1. The fraction of sp³-hybridized carbons (Fsp3) is 0.273. The van der Waals surface area contributed by atoms with Crippen LogP contribution in [0.3, 0.4) is 0 Å². The normalized spacial score (nSPS) is 14.5. The Morgan fingerprint density at radius 1 is 1.00 bits per heavy atom. The summed E-state index contributed by atoms with van der Waals surface area (Å²) in [4.78, 5) is 24.3. The molecule has 0 bridgehead atoms. The van der Waals surface area contributed by atoms with Crippen molar-refractivity contribution >= 4 is 23.0 Å². The van der Waals surface area contributed by atoms with Gasteiger partial charge in [0.05, 0.1) is 4.92 Å². The van der Waals surface area contributed by atoms with Gasteiger partial charge >= 0.3 is 5.69 Å². The molecule has 0 unspecified atom stereocenters. The molecular formula is C22H24N6O2. The van der Waals surface area contributed by atoms with Gasteiger partial charge in [-0.3, -0.25) is 15.0 Å². The fourth-order valence-electron chi connectivity index (χ4n) is 3.66. The molecule has 0 amide bonds. The zero-order chi connectivity index (χ0) is 20.9. The van der Waals surface area contributed by atoms with Gasteiger partial charge in [0.1, 0.15) is 6.33 Å². The predicted molar refractivity (Wildman–Crippen MR) is 117 cm³/mol. The van der Waals surface area contributed by atoms with Crippen LogP contribution in [0.5, 0.6) is 0 Å². The first-order valence-corrected chi connectivity index (χ1v) is 9.95. The fourth-order valence-corrected chi connectivity index (χ4v) is 3.66. The average molecular weight is 404 g/mol. The number of para-hydroxylation sites is 1. The summed E-state index contributed by atoms with van der Waals surface area (Å²) in [7, 11) is 0. The third kappa shape index (κ3) is 4.38. The van der Waals surface area contributed by atoms with E-state index in [1.807, 2.05) is 54.3 Å². The van der Waals surface area contributed by atoms with Crippen LogP contribution in [-0.4, -0.2) is 46.0 Å². The average Bonchev–Trinajstić information content (AvgIpc) is 2.76. The maximum Gasteiger partial charge on any atom is 0.353 e. The topological polar surface area (TPSA) is 87.4 Å². The molecule has 1 saturated heterocycles. The van der Waals surface area contributed by atoms with Gasteiger partial charge in [-0.2, -0.15) is 0 Å². The Hall–Kier alpha value is -3.52. The first-order valence-electron chi connectivity index (χ1n) is 9.95. The Morgan fingerprint density at radius 2 is 1.70 bits per heavy atom. The van der Waals surface area contributed by atoms with Crippen molar-refractivity contribution in [2.24, 2.45) is 0 Å². The number of rotatable bonds is 6. The lowest BCUT2D eigenvalue weighted by atomic mass is 10.2. The van der Waals surface area contributed by atoms with Crippen LogP contribution in [0.15, 0.2) is 60.9 Å². The number of aromatic nitrogens is 2. The van der Waals surface area contributed by atoms with Crippen molar-refractivity contribution in [3.63, 3.8) is 0 Å². The van der Waals surface area contributed by atoms with Crippen LogP contribution in [0.2, 0.25) is 0 Å². The van der Waals surface area contributed by atoms with E-state index in [1.54, 1.807) is 0 Å². The summed E-state index contributed by atoms with van der Waals surface area (Å²) in [5.41, 5.74) is 2.96. The zero-order valence-corrected chi connectivity index (χ0v) is 16.9. The molecule has 4 rings (SSSR count). The van der Waals surface area contributed by atoms with Crippen molar-refractivity contribution in [3.8, 4) is 0 Å². The van der Waals surface area contributed by atoms with Crippen molar-refractivity contribution in [2.45, 2.75) is 13.5 Å². The summed E-state index contributed by atoms with van der Waals surface area (Å²) < 4.78 is 0. The van der Waals surface area contributed by atoms with Crippen LogP contribution in [0.1, 0.15) is 11.1 Å². The highest BCUT2D eigenvalue weighted by Gasteiger charge is 2.29. The summed E-state index contributed by atoms with van der Waals surface area (Å²) in [6, 6.07) is 18.0. The monoisotopic (exact) mass is 404 g/mol. The van der Waals surface area contributed by atoms with Crippen LogP contribution in [-0.2, 0) is 6.54 Å². The Kier molecular flexibility index (Phi) is 5.85. The van der Waals surface area contributed by atoms with Gasteiger partial charge in [-0.25, -0.2) is 9.97 Å². The molecular weight excluding hydrogens is 380 g/mol. The zero-order valence-electron chi connectivity index (χ0n) is 16.9. The van der Waals surface area contributed by atoms with Gasteiger partial charge in [-0.05, 0) is 24.1 Å². The third-order valence-electron chi connectivity index (χ3n) is 5.30. The second kappa shape index (κ2) is 8.87. The van der Waals surface area contributed by atoms with Crippen LogP contribution >= 0.6 is 0 Å². The molecule has 8 nitrogen and oxygen atoms in total. The van der Waals surface area contributed by atoms with E-state index in [-0.39, 0.29) is 11.5 Å². The third-order valence-corrected chi connectivity index (χ3v) is 5.30. The van der Waals surface area contributed by atoms with Gasteiger partial charge in [0, 0.05) is 38.4 Å². The first-order chi connectivity index (χ1) is 14.6. The van der Waals surface area contributed by atoms with Gasteiger partial charge in [-0.1, -0.05) is 48.5 Å². The number of nitrogens with zero attached hydrogens (tertiary/aromatic N) is 5. The highest BCUT2D eigenvalue weighted by molar-refractivity contribution is 5.75. The molecule has 30 heavy (non-hydrogen) atoms. The smallest absolute Gasteiger partial charge is 0.348 e. The van der Waals surface area contributed by atoms with E-state index < -0.39 is 4.92 Å². The van der Waals surface area contributed by atoms with E-state index in [2.05, 4.69) is 32.3 Å². The minimum atomic E-state index is -0.397. The van der Waals surface area contributed by atoms with Gasteiger partial charge in [0.15, 0.2) is 0 Å². The molecule has 1 aliphatic heterocycles. The number of hydrogen-bond acceptors (Lipinski definition) is 7. The summed E-state index contributed by atoms with van der Waals surface area (Å²) in [6.45, 7) is 5.80. The number of benzene rings is 2. The highest BCUT2D eigenvalue weighted by Crippen LogP contribution is 2.34. The standard InChI is InChI=1S/C22H24N6O2/c1-17-7-5-6-10-19(17)25-21-20(28(29)30)22(24-16-23-21)27-13-11-26(12-14-27)15-18-8-3-2-4-9-18/h2-10,16H,11-15H2,1H3,(H,23,24,25). The second-order valence-electron chi connectivity index (χ2n) is 7.34. The molecule has 1 aromatic heterocycles. The molecule has 0 saturated carbocycles. The van der Waals surface area contributed by atoms with E-state index in [0.29, 0.717) is 18.9 Å². The maximum atomic E-state index is 11.9. The molecule has 2 heterocycles. The minimum Gasteiger partial charge on any atom is -0.348 e. The van der Waals surface area contributed by atoms with E-state index in [9.17, 15) is 10.1 Å². The maximum absolute atomic E-state index is 11.9. The predicted octanol–water partition coefficient (Wildman–Crippen LogP) is 3.76. The van der Waals surface area contributed by atoms with Gasteiger partial charge in [0.25, 0.3) is 0 Å². The van der Waals surface area contributed by atoms with Gasteiger partial charge < -0.3 is 10.2 Å². The number of aryl methyl sites for hydroxylation is 1. The largest absolute Gasteiger partial charge is 0.353 e. The Labute approximate surface area is 175 Å². The van der Waals surface area contributed by atoms with E-state index in [4.69, 9.17) is 0 Å². The van der Waals surface area contributed by atoms with E-state index >= 15 is 0 Å². The first kappa shape index (κ1) is 19.8. The summed E-state index contributed by atoms with van der Waals surface area (Å²) >= 11 is 0. The SMILES string of the molecule is Cc1ccccc1Nc1ncnc(N2CCN(Cc3ccccc3)CC2)c1[N+](=O)[O-]. The van der Waals surface area contributed by atoms with Crippen molar-refractivity contribution in [3.05, 3.63) is 82.2 Å². The molecule has 154 valence electrons. The molecule has 0 aliphatic carbocycles. The summed E-state index contributed by atoms with van der Waals surface area (Å²) in [5.74, 6) is 0.580. The van der Waals surface area contributed by atoms with E-state index in [1.165, 1.54) is 11.9 Å². The van der Waals surface area contributed by atoms with E-state index in [0.717, 1.165) is 30.9 Å². The quantitative estimate of drug-likeness (QED) is 0.494. The summed E-state index contributed by atoms with van der Waals surface area (Å²) in [5, 5.41) is 15.0. The molecule has 0 radical (unpaired) electrons. The number of anilines is 3. The molecule has 1 N–H and O–H groups in total. The Bertz CT molecular complexity index is 1020. The lowest BCUT2D eigenvalue weighted by molar-refractivity contribution is -0.383. The van der Waals surface area contributed by atoms with Crippen molar-refractivity contribution in [2.75, 3.05) is 36.4 Å². The number of hydrogen-bond donors (Lipinski definition) is 1. The molecule has 1 aliphatic rings. The molecule has 1 fully saturated rings. The molecule has 8 heteroatoms. The van der Waals surface area contributed by atoms with Crippen LogP contribution in [0.4, 0.5) is 23.0 Å². The van der Waals surface area contributed by atoms with Crippen molar-refractivity contribution in [1.29, 1.82) is 0 Å². The van der Waals surface area contributed by atoms with Crippen LogP contribution < -0.4 is 10.2 Å². The lowest BCUT2D eigenvalue weighted by Crippen LogP contribution is -2.46. The van der Waals surface area contributed by atoms with Crippen LogP contribution in [0.25, 0.3) is 0 Å². The van der Waals surface area contributed by atoms with Gasteiger partial charge in [-0.15, -0.1) is 0 Å². The molecule has 0 spiro atoms. The molecule has 3 aromatic rings. The van der Waals surface area contributed by atoms with Crippen molar-refractivity contribution < 1.29 is 4.92 Å².